The number of likely N-dealkylation sites (N-methyl/N-ethyl adjacent to an activating group) is 1. The van der Waals surface area contributed by atoms with Crippen LogP contribution in [-0.2, 0) is 20.8 Å². The molecule has 0 bridgehead atoms. The maximum Gasteiger partial charge on any atom is 0.272 e. The summed E-state index contributed by atoms with van der Waals surface area (Å²) in [6, 6.07) is 18.4. The predicted molar refractivity (Wildman–Crippen MR) is 132 cm³/mol. The smallest absolute Gasteiger partial charge is 0.272 e. The van der Waals surface area contributed by atoms with Crippen LogP contribution in [0.25, 0.3) is 0 Å². The molecule has 3 aromatic carbocycles. The van der Waals surface area contributed by atoms with Crippen molar-refractivity contribution >= 4 is 29.1 Å². The van der Waals surface area contributed by atoms with E-state index in [2.05, 4.69) is 15.6 Å². The molecule has 184 valence electrons. The normalized spacial score (nSPS) is 15.9. The summed E-state index contributed by atoms with van der Waals surface area (Å²) in [6.45, 7) is 1.45. The number of benzene rings is 3. The van der Waals surface area contributed by atoms with E-state index in [1.807, 2.05) is 48.5 Å². The van der Waals surface area contributed by atoms with Gasteiger partial charge in [-0.05, 0) is 30.7 Å². The lowest BCUT2D eigenvalue weighted by Gasteiger charge is -2.22. The monoisotopic (exact) mass is 490 g/mol. The van der Waals surface area contributed by atoms with Crippen molar-refractivity contribution in [3.63, 3.8) is 0 Å². The third-order valence-electron chi connectivity index (χ3n) is 5.73. The first-order valence-electron chi connectivity index (χ1n) is 11.3. The lowest BCUT2D eigenvalue weighted by Crippen LogP contribution is -2.52. The summed E-state index contributed by atoms with van der Waals surface area (Å²) in [5, 5.41) is 5.10. The van der Waals surface area contributed by atoms with Gasteiger partial charge in [-0.15, -0.1) is 0 Å². The van der Waals surface area contributed by atoms with Gasteiger partial charge in [-0.2, -0.15) is 0 Å². The van der Waals surface area contributed by atoms with Crippen molar-refractivity contribution in [1.29, 1.82) is 0 Å². The molecule has 0 aliphatic carbocycles. The summed E-state index contributed by atoms with van der Waals surface area (Å²) in [7, 11) is 1.60. The van der Waals surface area contributed by atoms with Crippen LogP contribution in [0.1, 0.15) is 23.6 Å². The van der Waals surface area contributed by atoms with Gasteiger partial charge in [0.2, 0.25) is 18.0 Å². The number of hydrogen-bond acceptors (Lipinski definition) is 4. The first kappa shape index (κ1) is 24.7. The molecule has 3 amide bonds. The van der Waals surface area contributed by atoms with Crippen LogP contribution < -0.4 is 15.5 Å². The number of benzodiazepines with no additional fused rings is 1. The van der Waals surface area contributed by atoms with Crippen molar-refractivity contribution in [1.82, 2.24) is 10.6 Å². The Morgan fingerprint density at radius 2 is 1.64 bits per heavy atom. The van der Waals surface area contributed by atoms with Gasteiger partial charge in [-0.3, -0.25) is 14.4 Å². The molecular formula is C27H24F2N4O3. The average Bonchev–Trinajstić information content (AvgIpc) is 2.94. The maximum atomic E-state index is 13.4. The van der Waals surface area contributed by atoms with Gasteiger partial charge in [-0.1, -0.05) is 48.5 Å². The van der Waals surface area contributed by atoms with Crippen molar-refractivity contribution in [3.05, 3.63) is 101 Å². The number of carbonyl (C=O) groups excluding carboxylic acids is 3. The van der Waals surface area contributed by atoms with E-state index in [9.17, 15) is 23.2 Å². The van der Waals surface area contributed by atoms with Crippen LogP contribution in [-0.4, -0.2) is 42.7 Å². The van der Waals surface area contributed by atoms with Gasteiger partial charge >= 0.3 is 0 Å². The minimum Gasteiger partial charge on any atom is -0.344 e. The molecule has 3 aromatic rings. The van der Waals surface area contributed by atoms with Crippen molar-refractivity contribution < 1.29 is 23.2 Å². The Labute approximate surface area is 206 Å². The van der Waals surface area contributed by atoms with Crippen LogP contribution in [0, 0.1) is 11.6 Å². The zero-order valence-corrected chi connectivity index (χ0v) is 19.7. The van der Waals surface area contributed by atoms with Gasteiger partial charge in [-0.25, -0.2) is 13.8 Å². The Bertz CT molecular complexity index is 1320. The summed E-state index contributed by atoms with van der Waals surface area (Å²) in [4.78, 5) is 44.5. The fraction of sp³-hybridized carbons (Fsp3) is 0.185. The van der Waals surface area contributed by atoms with E-state index in [0.717, 1.165) is 23.3 Å². The summed E-state index contributed by atoms with van der Waals surface area (Å²) in [6.07, 6.45) is -1.55. The minimum atomic E-state index is -1.23. The Balaban J connectivity index is 1.53. The van der Waals surface area contributed by atoms with Gasteiger partial charge in [0.1, 0.15) is 17.7 Å². The van der Waals surface area contributed by atoms with Crippen molar-refractivity contribution in [2.45, 2.75) is 25.6 Å². The van der Waals surface area contributed by atoms with Crippen LogP contribution >= 0.6 is 0 Å². The van der Waals surface area contributed by atoms with Crippen LogP contribution in [0.15, 0.2) is 77.8 Å². The third kappa shape index (κ3) is 5.46. The number of rotatable bonds is 6. The molecule has 0 spiro atoms. The first-order valence-corrected chi connectivity index (χ1v) is 11.3. The number of para-hydroxylation sites is 1. The van der Waals surface area contributed by atoms with Crippen LogP contribution in [0.3, 0.4) is 0 Å². The highest BCUT2D eigenvalue weighted by atomic mass is 19.1. The second-order valence-electron chi connectivity index (χ2n) is 8.41. The van der Waals surface area contributed by atoms with Gasteiger partial charge in [0.25, 0.3) is 5.91 Å². The Morgan fingerprint density at radius 1 is 1.00 bits per heavy atom. The summed E-state index contributed by atoms with van der Waals surface area (Å²) < 4.78 is 26.8. The number of carbonyl (C=O) groups is 3. The van der Waals surface area contributed by atoms with E-state index in [4.69, 9.17) is 0 Å². The fourth-order valence-electron chi connectivity index (χ4n) is 3.96. The molecule has 7 nitrogen and oxygen atoms in total. The van der Waals surface area contributed by atoms with Gasteiger partial charge in [0.05, 0.1) is 17.8 Å². The van der Waals surface area contributed by atoms with Crippen molar-refractivity contribution in [3.8, 4) is 0 Å². The minimum absolute atomic E-state index is 0.132. The van der Waals surface area contributed by atoms with Gasteiger partial charge in [0.15, 0.2) is 0 Å². The Morgan fingerprint density at radius 3 is 2.33 bits per heavy atom. The molecule has 2 atom stereocenters. The largest absolute Gasteiger partial charge is 0.344 e. The van der Waals surface area contributed by atoms with Crippen LogP contribution in [0.2, 0.25) is 0 Å². The van der Waals surface area contributed by atoms with E-state index in [0.29, 0.717) is 17.5 Å². The lowest BCUT2D eigenvalue weighted by atomic mass is 10.0. The number of fused-ring (bicyclic) bond motifs is 1. The zero-order chi connectivity index (χ0) is 25.8. The SMILES string of the molecule is C[C@@H](NC(=O)Cc1cc(F)cc(F)c1)C(=O)N[C@@H]1N=C(c2ccccc2)c2ccccc2N(C)C1=O. The molecule has 0 fully saturated rings. The van der Waals surface area contributed by atoms with Gasteiger partial charge < -0.3 is 15.5 Å². The number of hydrogen-bond donors (Lipinski definition) is 2. The number of aliphatic imine (C=N–C) groups is 1. The molecule has 2 N–H and O–H groups in total. The van der Waals surface area contributed by atoms with E-state index < -0.39 is 41.6 Å². The first-order chi connectivity index (χ1) is 17.2. The molecule has 1 heterocycles. The van der Waals surface area contributed by atoms with Crippen LogP contribution in [0.5, 0.6) is 0 Å². The number of amides is 3. The molecule has 0 saturated carbocycles. The van der Waals surface area contributed by atoms with Gasteiger partial charge in [0, 0.05) is 24.2 Å². The standard InChI is InChI=1S/C27H24F2N4O3/c1-16(30-23(34)14-17-12-19(28)15-20(29)13-17)26(35)32-25-27(36)33(2)22-11-7-6-10-21(22)24(31-25)18-8-4-3-5-9-18/h3-13,15-16,25H,14H2,1-2H3,(H,30,34)(H,32,35)/t16-,25+/m1/s1. The maximum absolute atomic E-state index is 13.4. The number of anilines is 1. The van der Waals surface area contributed by atoms with Crippen molar-refractivity contribution in [2.75, 3.05) is 11.9 Å². The highest BCUT2D eigenvalue weighted by Crippen LogP contribution is 2.27. The summed E-state index contributed by atoms with van der Waals surface area (Å²) in [5.74, 6) is -3.29. The highest BCUT2D eigenvalue weighted by Gasteiger charge is 2.32. The molecule has 4 rings (SSSR count). The molecule has 0 unspecified atom stereocenters. The van der Waals surface area contributed by atoms with E-state index in [-0.39, 0.29) is 12.0 Å². The number of halogens is 2. The molecule has 1 aliphatic rings. The third-order valence-corrected chi connectivity index (χ3v) is 5.73. The number of nitrogens with one attached hydrogen (secondary N) is 2. The topological polar surface area (TPSA) is 90.9 Å². The average molecular weight is 491 g/mol. The molecule has 9 heteroatoms. The van der Waals surface area contributed by atoms with Crippen LogP contribution in [0.4, 0.5) is 14.5 Å². The molecule has 1 aliphatic heterocycles. The quantitative estimate of drug-likeness (QED) is 0.557. The van der Waals surface area contributed by atoms with Crippen molar-refractivity contribution in [2.24, 2.45) is 4.99 Å². The summed E-state index contributed by atoms with van der Waals surface area (Å²) >= 11 is 0. The molecule has 36 heavy (non-hydrogen) atoms. The van der Waals surface area contributed by atoms with E-state index in [1.165, 1.54) is 11.8 Å². The summed E-state index contributed by atoms with van der Waals surface area (Å²) in [5.41, 5.74) is 2.83. The molecule has 0 radical (unpaired) electrons. The molecular weight excluding hydrogens is 466 g/mol. The lowest BCUT2D eigenvalue weighted by molar-refractivity contribution is -0.130. The Hall–Kier alpha value is -4.40. The second kappa shape index (κ2) is 10.5. The van der Waals surface area contributed by atoms with E-state index >= 15 is 0 Å². The molecule has 0 aromatic heterocycles. The zero-order valence-electron chi connectivity index (χ0n) is 19.7. The Kier molecular flexibility index (Phi) is 7.19. The van der Waals surface area contributed by atoms with E-state index in [1.54, 1.807) is 13.1 Å². The fourth-order valence-corrected chi connectivity index (χ4v) is 3.96. The number of nitrogens with zero attached hydrogens (tertiary/aromatic N) is 2. The highest BCUT2D eigenvalue weighted by molar-refractivity contribution is 6.20. The predicted octanol–water partition coefficient (Wildman–Crippen LogP) is 2.97. The second-order valence-corrected chi connectivity index (χ2v) is 8.41. The molecule has 0 saturated heterocycles.